The molecule has 0 aliphatic rings. The molecule has 0 radical (unpaired) electrons. The molecule has 0 heterocycles. The summed E-state index contributed by atoms with van der Waals surface area (Å²) in [6, 6.07) is 6.33. The van der Waals surface area contributed by atoms with Gasteiger partial charge in [0, 0.05) is 5.56 Å². The molecule has 0 aliphatic heterocycles. The first-order chi connectivity index (χ1) is 5.65. The maximum atomic E-state index is 9.28. The van der Waals surface area contributed by atoms with E-state index in [0.29, 0.717) is 11.1 Å². The van der Waals surface area contributed by atoms with Crippen molar-refractivity contribution < 1.29 is 10.2 Å². The van der Waals surface area contributed by atoms with Crippen LogP contribution in [0, 0.1) is 11.3 Å². The molecule has 1 aromatic rings. The lowest BCUT2D eigenvalue weighted by Gasteiger charge is -2.06. The number of aliphatic hydroxyl groups excluding tert-OH is 1. The summed E-state index contributed by atoms with van der Waals surface area (Å²) in [5.74, 6) is -0.0379. The summed E-state index contributed by atoms with van der Waals surface area (Å²) in [5.41, 5.74) is 0.825. The number of nitriles is 1. The van der Waals surface area contributed by atoms with Crippen molar-refractivity contribution in [3.8, 4) is 11.8 Å². The molecule has 1 rings (SSSR count). The van der Waals surface area contributed by atoms with Crippen LogP contribution in [0.5, 0.6) is 5.75 Å². The molecule has 2 N–H and O–H groups in total. The van der Waals surface area contributed by atoms with Gasteiger partial charge in [0.2, 0.25) is 0 Å². The van der Waals surface area contributed by atoms with Crippen molar-refractivity contribution in [3.63, 3.8) is 0 Å². The average molecular weight is 163 g/mol. The predicted octanol–water partition coefficient (Wildman–Crippen LogP) is 1.32. The van der Waals surface area contributed by atoms with Gasteiger partial charge in [-0.1, -0.05) is 6.07 Å². The molecular weight excluding hydrogens is 154 g/mol. The SMILES string of the molecule is CC(O)c1ccc(C#N)cc1O. The smallest absolute Gasteiger partial charge is 0.122 e. The van der Waals surface area contributed by atoms with Crippen LogP contribution in [-0.4, -0.2) is 10.2 Å². The Balaban J connectivity index is 3.14. The summed E-state index contributed by atoms with van der Waals surface area (Å²) in [5, 5.41) is 26.9. The largest absolute Gasteiger partial charge is 0.508 e. The Morgan fingerprint density at radius 3 is 2.58 bits per heavy atom. The van der Waals surface area contributed by atoms with Crippen LogP contribution in [0.25, 0.3) is 0 Å². The van der Waals surface area contributed by atoms with Gasteiger partial charge in [0.05, 0.1) is 17.7 Å². The summed E-state index contributed by atoms with van der Waals surface area (Å²) in [6.07, 6.45) is -0.710. The lowest BCUT2D eigenvalue weighted by atomic mass is 10.1. The highest BCUT2D eigenvalue weighted by Gasteiger charge is 2.06. The van der Waals surface area contributed by atoms with Crippen molar-refractivity contribution in [1.82, 2.24) is 0 Å². The molecule has 0 fully saturated rings. The number of aromatic hydroxyl groups is 1. The van der Waals surface area contributed by atoms with Crippen molar-refractivity contribution >= 4 is 0 Å². The van der Waals surface area contributed by atoms with Gasteiger partial charge in [-0.05, 0) is 19.1 Å². The monoisotopic (exact) mass is 163 g/mol. The summed E-state index contributed by atoms with van der Waals surface area (Å²) in [7, 11) is 0. The summed E-state index contributed by atoms with van der Waals surface area (Å²) in [6.45, 7) is 1.56. The lowest BCUT2D eigenvalue weighted by Crippen LogP contribution is -1.91. The van der Waals surface area contributed by atoms with E-state index in [1.54, 1.807) is 19.1 Å². The second-order valence-corrected chi connectivity index (χ2v) is 2.56. The van der Waals surface area contributed by atoms with Crippen LogP contribution in [0.2, 0.25) is 0 Å². The molecule has 0 saturated carbocycles. The first-order valence-electron chi connectivity index (χ1n) is 3.56. The van der Waals surface area contributed by atoms with Crippen molar-refractivity contribution in [2.24, 2.45) is 0 Å². The van der Waals surface area contributed by atoms with E-state index in [-0.39, 0.29) is 5.75 Å². The highest BCUT2D eigenvalue weighted by molar-refractivity contribution is 5.42. The molecule has 12 heavy (non-hydrogen) atoms. The van der Waals surface area contributed by atoms with Crippen molar-refractivity contribution in [3.05, 3.63) is 29.3 Å². The second kappa shape index (κ2) is 3.24. The Kier molecular flexibility index (Phi) is 2.32. The van der Waals surface area contributed by atoms with E-state index in [9.17, 15) is 5.11 Å². The molecule has 3 heteroatoms. The van der Waals surface area contributed by atoms with Crippen molar-refractivity contribution in [2.75, 3.05) is 0 Å². The zero-order valence-electron chi connectivity index (χ0n) is 6.65. The molecule has 0 spiro atoms. The van der Waals surface area contributed by atoms with Crippen LogP contribution in [0.4, 0.5) is 0 Å². The van der Waals surface area contributed by atoms with Gasteiger partial charge in [-0.3, -0.25) is 0 Å². The highest BCUT2D eigenvalue weighted by atomic mass is 16.3. The van der Waals surface area contributed by atoms with Gasteiger partial charge in [0.1, 0.15) is 5.75 Å². The number of hydrogen-bond acceptors (Lipinski definition) is 3. The minimum atomic E-state index is -0.710. The van der Waals surface area contributed by atoms with Crippen LogP contribution in [0.15, 0.2) is 18.2 Å². The fraction of sp³-hybridized carbons (Fsp3) is 0.222. The minimum Gasteiger partial charge on any atom is -0.508 e. The molecule has 1 atom stereocenters. The molecule has 0 amide bonds. The second-order valence-electron chi connectivity index (χ2n) is 2.56. The maximum absolute atomic E-state index is 9.28. The van der Waals surface area contributed by atoms with E-state index in [2.05, 4.69) is 0 Å². The third-order valence-electron chi connectivity index (χ3n) is 1.61. The van der Waals surface area contributed by atoms with E-state index in [1.807, 2.05) is 6.07 Å². The number of phenolic OH excluding ortho intramolecular Hbond substituents is 1. The number of aliphatic hydroxyl groups is 1. The predicted molar refractivity (Wildman–Crippen MR) is 43.5 cm³/mol. The van der Waals surface area contributed by atoms with Gasteiger partial charge in [-0.2, -0.15) is 5.26 Å². The fourth-order valence-corrected chi connectivity index (χ4v) is 0.966. The van der Waals surface area contributed by atoms with Gasteiger partial charge in [-0.25, -0.2) is 0 Å². The van der Waals surface area contributed by atoms with Gasteiger partial charge in [0.15, 0.2) is 0 Å². The Bertz CT molecular complexity index is 326. The zero-order valence-corrected chi connectivity index (χ0v) is 6.65. The fourth-order valence-electron chi connectivity index (χ4n) is 0.966. The van der Waals surface area contributed by atoms with Crippen LogP contribution in [0.3, 0.4) is 0 Å². The Hall–Kier alpha value is -1.53. The summed E-state index contributed by atoms with van der Waals surface area (Å²) >= 11 is 0. The average Bonchev–Trinajstić information content (AvgIpc) is 2.03. The van der Waals surface area contributed by atoms with E-state index in [1.165, 1.54) is 6.07 Å². The van der Waals surface area contributed by atoms with E-state index in [4.69, 9.17) is 10.4 Å². The summed E-state index contributed by atoms with van der Waals surface area (Å²) in [4.78, 5) is 0. The van der Waals surface area contributed by atoms with E-state index >= 15 is 0 Å². The standard InChI is InChI=1S/C9H9NO2/c1-6(11)8-3-2-7(5-10)4-9(8)12/h2-4,6,11-12H,1H3. The maximum Gasteiger partial charge on any atom is 0.122 e. The van der Waals surface area contributed by atoms with Gasteiger partial charge in [-0.15, -0.1) is 0 Å². The van der Waals surface area contributed by atoms with Crippen molar-refractivity contribution in [2.45, 2.75) is 13.0 Å². The Morgan fingerprint density at radius 2 is 2.17 bits per heavy atom. The number of phenols is 1. The number of hydrogen-bond donors (Lipinski definition) is 2. The van der Waals surface area contributed by atoms with Gasteiger partial charge in [0.25, 0.3) is 0 Å². The molecule has 62 valence electrons. The normalized spacial score (nSPS) is 12.1. The first-order valence-corrected chi connectivity index (χ1v) is 3.56. The van der Waals surface area contributed by atoms with Crippen LogP contribution in [-0.2, 0) is 0 Å². The molecule has 0 aromatic heterocycles. The topological polar surface area (TPSA) is 64.2 Å². The van der Waals surface area contributed by atoms with Crippen molar-refractivity contribution in [1.29, 1.82) is 5.26 Å². The van der Waals surface area contributed by atoms with Crippen LogP contribution < -0.4 is 0 Å². The van der Waals surface area contributed by atoms with Gasteiger partial charge >= 0.3 is 0 Å². The minimum absolute atomic E-state index is 0.0379. The Labute approximate surface area is 70.5 Å². The number of rotatable bonds is 1. The van der Waals surface area contributed by atoms with Crippen LogP contribution >= 0.6 is 0 Å². The molecule has 0 saturated heterocycles. The molecular formula is C9H9NO2. The molecule has 3 nitrogen and oxygen atoms in total. The van der Waals surface area contributed by atoms with Crippen LogP contribution in [0.1, 0.15) is 24.2 Å². The molecule has 1 unspecified atom stereocenters. The zero-order chi connectivity index (χ0) is 9.14. The first kappa shape index (κ1) is 8.57. The molecule has 0 bridgehead atoms. The lowest BCUT2D eigenvalue weighted by molar-refractivity contribution is 0.195. The number of nitrogens with zero attached hydrogens (tertiary/aromatic N) is 1. The third kappa shape index (κ3) is 1.55. The number of benzene rings is 1. The molecule has 0 aliphatic carbocycles. The van der Waals surface area contributed by atoms with E-state index < -0.39 is 6.10 Å². The summed E-state index contributed by atoms with van der Waals surface area (Å²) < 4.78 is 0. The highest BCUT2D eigenvalue weighted by Crippen LogP contribution is 2.24. The quantitative estimate of drug-likeness (QED) is 0.656. The Morgan fingerprint density at radius 1 is 1.50 bits per heavy atom. The third-order valence-corrected chi connectivity index (χ3v) is 1.61. The molecule has 1 aromatic carbocycles. The van der Waals surface area contributed by atoms with Gasteiger partial charge < -0.3 is 10.2 Å². The van der Waals surface area contributed by atoms with E-state index in [0.717, 1.165) is 0 Å².